The molecule has 0 saturated heterocycles. The predicted molar refractivity (Wildman–Crippen MR) is 143 cm³/mol. The van der Waals surface area contributed by atoms with E-state index in [0.29, 0.717) is 30.3 Å². The van der Waals surface area contributed by atoms with Gasteiger partial charge in [-0.05, 0) is 76.9 Å². The van der Waals surface area contributed by atoms with E-state index in [-0.39, 0.29) is 5.84 Å². The summed E-state index contributed by atoms with van der Waals surface area (Å²) in [7, 11) is 0. The molecule has 0 amide bonds. The van der Waals surface area contributed by atoms with Crippen LogP contribution in [0.15, 0.2) is 97.1 Å². The van der Waals surface area contributed by atoms with Gasteiger partial charge in [0, 0.05) is 11.0 Å². The Bertz CT molecular complexity index is 1380. The topological polar surface area (TPSA) is 68.3 Å². The summed E-state index contributed by atoms with van der Waals surface area (Å²) in [6.45, 7) is 4.73. The Kier molecular flexibility index (Phi) is 7.76. The Hall–Kier alpha value is -4.26. The van der Waals surface area contributed by atoms with E-state index in [4.69, 9.17) is 20.6 Å². The average Bonchev–Trinajstić information content (AvgIpc) is 2.91. The van der Waals surface area contributed by atoms with Crippen molar-refractivity contribution in [2.45, 2.75) is 38.7 Å². The number of halogens is 3. The SMILES string of the molecule is CC(C)(c1ccc(OCc2cccc(COc3ccc(C(=N)N)cc3)c2)cc1)c1ccc(C(F)(F)F)cc1. The van der Waals surface area contributed by atoms with Crippen molar-refractivity contribution in [3.63, 3.8) is 0 Å². The molecule has 0 radical (unpaired) electrons. The fraction of sp³-hybridized carbons (Fsp3) is 0.194. The van der Waals surface area contributed by atoms with Gasteiger partial charge in [-0.2, -0.15) is 13.2 Å². The van der Waals surface area contributed by atoms with E-state index < -0.39 is 17.2 Å². The van der Waals surface area contributed by atoms with Crippen molar-refractivity contribution >= 4 is 5.84 Å². The van der Waals surface area contributed by atoms with Gasteiger partial charge in [0.2, 0.25) is 0 Å². The fourth-order valence-corrected chi connectivity index (χ4v) is 4.08. The molecular weight excluding hydrogens is 489 g/mol. The Morgan fingerprint density at radius 3 is 1.55 bits per heavy atom. The summed E-state index contributed by atoms with van der Waals surface area (Å²) in [5, 5.41) is 7.46. The third-order valence-electron chi connectivity index (χ3n) is 6.48. The van der Waals surface area contributed by atoms with Crippen LogP contribution in [-0.4, -0.2) is 5.84 Å². The van der Waals surface area contributed by atoms with Crippen LogP contribution in [0.5, 0.6) is 11.5 Å². The van der Waals surface area contributed by atoms with E-state index >= 15 is 0 Å². The van der Waals surface area contributed by atoms with Crippen LogP contribution in [0.25, 0.3) is 0 Å². The summed E-state index contributed by atoms with van der Waals surface area (Å²) in [5.41, 5.74) is 8.77. The lowest BCUT2D eigenvalue weighted by Crippen LogP contribution is -2.19. The molecule has 0 saturated carbocycles. The van der Waals surface area contributed by atoms with Crippen molar-refractivity contribution in [3.05, 3.63) is 130 Å². The molecule has 4 rings (SSSR count). The predicted octanol–water partition coefficient (Wildman–Crippen LogP) is 7.47. The van der Waals surface area contributed by atoms with E-state index in [1.807, 2.05) is 62.4 Å². The van der Waals surface area contributed by atoms with Gasteiger partial charge in [0.15, 0.2) is 0 Å². The molecule has 0 aliphatic heterocycles. The summed E-state index contributed by atoms with van der Waals surface area (Å²) in [6.07, 6.45) is -4.35. The number of rotatable bonds is 9. The first-order valence-electron chi connectivity index (χ1n) is 12.1. The van der Waals surface area contributed by atoms with Crippen molar-refractivity contribution in [3.8, 4) is 11.5 Å². The van der Waals surface area contributed by atoms with Crippen LogP contribution in [0.3, 0.4) is 0 Å². The highest BCUT2D eigenvalue weighted by molar-refractivity contribution is 5.94. The molecule has 0 spiro atoms. The quantitative estimate of drug-likeness (QED) is 0.178. The smallest absolute Gasteiger partial charge is 0.416 e. The van der Waals surface area contributed by atoms with E-state index in [0.717, 1.165) is 34.4 Å². The largest absolute Gasteiger partial charge is 0.489 e. The molecule has 38 heavy (non-hydrogen) atoms. The van der Waals surface area contributed by atoms with E-state index in [1.54, 1.807) is 24.3 Å². The normalized spacial score (nSPS) is 11.7. The lowest BCUT2D eigenvalue weighted by Gasteiger charge is -2.26. The Labute approximate surface area is 220 Å². The van der Waals surface area contributed by atoms with Gasteiger partial charge < -0.3 is 15.2 Å². The molecule has 0 aliphatic rings. The minimum Gasteiger partial charge on any atom is -0.489 e. The number of nitrogen functional groups attached to an aromatic ring is 1. The number of alkyl halides is 3. The fourth-order valence-electron chi connectivity index (χ4n) is 4.08. The van der Waals surface area contributed by atoms with Crippen LogP contribution in [0.4, 0.5) is 13.2 Å². The highest BCUT2D eigenvalue weighted by Crippen LogP contribution is 2.35. The highest BCUT2D eigenvalue weighted by atomic mass is 19.4. The summed E-state index contributed by atoms with van der Waals surface area (Å²) < 4.78 is 50.6. The van der Waals surface area contributed by atoms with Crippen LogP contribution >= 0.6 is 0 Å². The molecular formula is C31H29F3N2O2. The molecule has 0 aliphatic carbocycles. The van der Waals surface area contributed by atoms with Crippen molar-refractivity contribution in [1.29, 1.82) is 5.41 Å². The number of benzene rings is 4. The molecule has 4 aromatic carbocycles. The van der Waals surface area contributed by atoms with Crippen LogP contribution < -0.4 is 15.2 Å². The van der Waals surface area contributed by atoms with Crippen molar-refractivity contribution < 1.29 is 22.6 Å². The Morgan fingerprint density at radius 2 is 1.11 bits per heavy atom. The third-order valence-corrected chi connectivity index (χ3v) is 6.48. The summed E-state index contributed by atoms with van der Waals surface area (Å²) in [6, 6.07) is 27.9. The lowest BCUT2D eigenvalue weighted by atomic mass is 9.78. The number of hydrogen-bond acceptors (Lipinski definition) is 3. The third kappa shape index (κ3) is 6.54. The van der Waals surface area contributed by atoms with Crippen molar-refractivity contribution in [1.82, 2.24) is 0 Å². The minimum atomic E-state index is -4.35. The van der Waals surface area contributed by atoms with Crippen LogP contribution in [0.1, 0.15) is 47.2 Å². The van der Waals surface area contributed by atoms with Gasteiger partial charge in [-0.15, -0.1) is 0 Å². The minimum absolute atomic E-state index is 0.0155. The summed E-state index contributed by atoms with van der Waals surface area (Å²) in [5.74, 6) is 1.40. The monoisotopic (exact) mass is 518 g/mol. The zero-order valence-electron chi connectivity index (χ0n) is 21.2. The van der Waals surface area contributed by atoms with Gasteiger partial charge >= 0.3 is 6.18 Å². The second-order valence-corrected chi connectivity index (χ2v) is 9.56. The van der Waals surface area contributed by atoms with Crippen LogP contribution in [-0.2, 0) is 24.8 Å². The van der Waals surface area contributed by atoms with Gasteiger partial charge in [0.05, 0.1) is 5.56 Å². The standard InChI is InChI=1S/C31H29F3N2O2/c1-30(2,24-8-10-26(11-9-24)31(32,33)34)25-12-16-28(17-13-25)38-20-22-5-3-4-21(18-22)19-37-27-14-6-23(7-15-27)29(35)36/h3-18H,19-20H2,1-2H3,(H3,35,36). The Balaban J connectivity index is 1.35. The molecule has 0 aromatic heterocycles. The Morgan fingerprint density at radius 1 is 0.684 bits per heavy atom. The highest BCUT2D eigenvalue weighted by Gasteiger charge is 2.31. The van der Waals surface area contributed by atoms with Gasteiger partial charge in [0.25, 0.3) is 0 Å². The maximum Gasteiger partial charge on any atom is 0.416 e. The maximum atomic E-state index is 12.9. The first-order chi connectivity index (χ1) is 18.0. The zero-order valence-corrected chi connectivity index (χ0v) is 21.2. The molecule has 0 unspecified atom stereocenters. The van der Waals surface area contributed by atoms with Gasteiger partial charge in [-0.25, -0.2) is 0 Å². The molecule has 0 atom stereocenters. The van der Waals surface area contributed by atoms with Gasteiger partial charge in [-0.3, -0.25) is 5.41 Å². The molecule has 0 heterocycles. The van der Waals surface area contributed by atoms with Crippen LogP contribution in [0.2, 0.25) is 0 Å². The average molecular weight is 519 g/mol. The maximum absolute atomic E-state index is 12.9. The van der Waals surface area contributed by atoms with E-state index in [2.05, 4.69) is 0 Å². The van der Waals surface area contributed by atoms with Crippen LogP contribution in [0, 0.1) is 5.41 Å². The second kappa shape index (κ2) is 11.0. The number of nitrogens with two attached hydrogens (primary N) is 1. The number of ether oxygens (including phenoxy) is 2. The molecule has 0 fully saturated rings. The van der Waals surface area contributed by atoms with Gasteiger partial charge in [0.1, 0.15) is 30.5 Å². The summed E-state index contributed by atoms with van der Waals surface area (Å²) >= 11 is 0. The second-order valence-electron chi connectivity index (χ2n) is 9.56. The number of nitrogens with one attached hydrogen (secondary N) is 1. The molecule has 3 N–H and O–H groups in total. The van der Waals surface area contributed by atoms with Crippen molar-refractivity contribution in [2.24, 2.45) is 5.73 Å². The molecule has 4 aromatic rings. The van der Waals surface area contributed by atoms with Crippen molar-refractivity contribution in [2.75, 3.05) is 0 Å². The number of amidine groups is 1. The molecule has 7 heteroatoms. The zero-order chi connectivity index (χ0) is 27.3. The summed E-state index contributed by atoms with van der Waals surface area (Å²) in [4.78, 5) is 0. The first kappa shape index (κ1) is 26.8. The first-order valence-corrected chi connectivity index (χ1v) is 12.1. The number of hydrogen-bond donors (Lipinski definition) is 2. The lowest BCUT2D eigenvalue weighted by molar-refractivity contribution is -0.137. The molecule has 0 bridgehead atoms. The van der Waals surface area contributed by atoms with E-state index in [1.165, 1.54) is 12.1 Å². The van der Waals surface area contributed by atoms with Gasteiger partial charge in [-0.1, -0.05) is 56.3 Å². The van der Waals surface area contributed by atoms with E-state index in [9.17, 15) is 13.2 Å². The molecule has 196 valence electrons. The molecule has 4 nitrogen and oxygen atoms in total.